The molecule has 0 atom stereocenters. The molecular formula is C23H22FN3OS. The van der Waals surface area contributed by atoms with Crippen molar-refractivity contribution in [2.24, 2.45) is 4.99 Å². The van der Waals surface area contributed by atoms with Crippen LogP contribution >= 0.6 is 11.8 Å². The third-order valence-electron chi connectivity index (χ3n) is 4.90. The molecule has 3 aromatic rings. The van der Waals surface area contributed by atoms with Gasteiger partial charge in [0.25, 0.3) is 5.91 Å². The molecule has 6 heteroatoms. The Morgan fingerprint density at radius 1 is 1.10 bits per heavy atom. The van der Waals surface area contributed by atoms with E-state index in [9.17, 15) is 9.18 Å². The summed E-state index contributed by atoms with van der Waals surface area (Å²) in [5, 5.41) is 1.79. The molecule has 4 rings (SSSR count). The molecule has 0 bridgehead atoms. The molecule has 0 aliphatic carbocycles. The number of amides is 1. The van der Waals surface area contributed by atoms with E-state index in [0.29, 0.717) is 30.1 Å². The Bertz CT molecular complexity index is 1130. The first-order valence-corrected chi connectivity index (χ1v) is 10.5. The Labute approximate surface area is 173 Å². The van der Waals surface area contributed by atoms with E-state index in [1.807, 2.05) is 61.0 Å². The third kappa shape index (κ3) is 3.72. The van der Waals surface area contributed by atoms with Crippen molar-refractivity contribution in [1.82, 2.24) is 9.47 Å². The van der Waals surface area contributed by atoms with Crippen molar-refractivity contribution in [1.29, 1.82) is 0 Å². The maximum Gasteiger partial charge on any atom is 0.266 e. The second-order valence-electron chi connectivity index (χ2n) is 6.74. The van der Waals surface area contributed by atoms with Crippen LogP contribution in [-0.4, -0.2) is 33.6 Å². The summed E-state index contributed by atoms with van der Waals surface area (Å²) in [6.07, 6.45) is 3.91. The summed E-state index contributed by atoms with van der Waals surface area (Å²) in [6, 6.07) is 14.8. The van der Waals surface area contributed by atoms with Crippen LogP contribution in [0.25, 0.3) is 17.0 Å². The fraction of sp³-hybridized carbons (Fsp3) is 0.217. The van der Waals surface area contributed by atoms with Gasteiger partial charge in [-0.25, -0.2) is 4.39 Å². The van der Waals surface area contributed by atoms with E-state index in [0.717, 1.165) is 21.6 Å². The summed E-state index contributed by atoms with van der Waals surface area (Å²) >= 11 is 1.41. The number of carbonyl (C=O) groups excluding carboxylic acids is 1. The van der Waals surface area contributed by atoms with E-state index in [2.05, 4.69) is 4.99 Å². The van der Waals surface area contributed by atoms with Crippen LogP contribution < -0.4 is 0 Å². The van der Waals surface area contributed by atoms with Crippen molar-refractivity contribution in [2.45, 2.75) is 20.4 Å². The summed E-state index contributed by atoms with van der Waals surface area (Å²) in [7, 11) is 0. The van der Waals surface area contributed by atoms with Crippen LogP contribution in [0, 0.1) is 5.82 Å². The van der Waals surface area contributed by atoms with Gasteiger partial charge in [-0.1, -0.05) is 36.4 Å². The van der Waals surface area contributed by atoms with Crippen LogP contribution in [0.1, 0.15) is 25.0 Å². The van der Waals surface area contributed by atoms with Gasteiger partial charge >= 0.3 is 0 Å². The van der Waals surface area contributed by atoms with Crippen molar-refractivity contribution >= 4 is 39.8 Å². The highest BCUT2D eigenvalue weighted by Crippen LogP contribution is 2.34. The molecule has 148 valence electrons. The second kappa shape index (κ2) is 8.25. The smallest absolute Gasteiger partial charge is 0.266 e. The predicted octanol–water partition coefficient (Wildman–Crippen LogP) is 5.14. The van der Waals surface area contributed by atoms with Gasteiger partial charge in [-0.3, -0.25) is 14.7 Å². The Hall–Kier alpha value is -2.86. The zero-order valence-electron chi connectivity index (χ0n) is 16.4. The van der Waals surface area contributed by atoms with Crippen molar-refractivity contribution in [3.63, 3.8) is 0 Å². The van der Waals surface area contributed by atoms with Gasteiger partial charge in [0.2, 0.25) is 0 Å². The Balaban J connectivity index is 1.76. The van der Waals surface area contributed by atoms with Gasteiger partial charge in [0, 0.05) is 41.3 Å². The lowest BCUT2D eigenvalue weighted by Gasteiger charge is -2.11. The van der Waals surface area contributed by atoms with Crippen LogP contribution in [0.15, 0.2) is 64.6 Å². The number of hydrogen-bond acceptors (Lipinski definition) is 3. The minimum atomic E-state index is -0.217. The molecular weight excluding hydrogens is 385 g/mol. The number of thioether (sulfide) groups is 1. The lowest BCUT2D eigenvalue weighted by Crippen LogP contribution is -2.28. The summed E-state index contributed by atoms with van der Waals surface area (Å²) in [6.45, 7) is 5.58. The highest BCUT2D eigenvalue weighted by Gasteiger charge is 2.32. The normalized spacial score (nSPS) is 17.2. The molecule has 1 saturated heterocycles. The molecule has 1 fully saturated rings. The molecule has 0 unspecified atom stereocenters. The van der Waals surface area contributed by atoms with Gasteiger partial charge in [-0.05, 0) is 43.8 Å². The van der Waals surface area contributed by atoms with Crippen molar-refractivity contribution in [2.75, 3.05) is 13.1 Å². The number of aromatic nitrogens is 1. The molecule has 1 amide bonds. The zero-order chi connectivity index (χ0) is 20.4. The van der Waals surface area contributed by atoms with E-state index < -0.39 is 0 Å². The molecule has 2 aromatic carbocycles. The first kappa shape index (κ1) is 19.5. The van der Waals surface area contributed by atoms with Gasteiger partial charge in [-0.2, -0.15) is 0 Å². The molecule has 4 nitrogen and oxygen atoms in total. The predicted molar refractivity (Wildman–Crippen MR) is 118 cm³/mol. The first-order valence-electron chi connectivity index (χ1n) is 9.69. The lowest BCUT2D eigenvalue weighted by atomic mass is 10.1. The number of hydrogen-bond donors (Lipinski definition) is 0. The quantitative estimate of drug-likeness (QED) is 0.549. The first-order chi connectivity index (χ1) is 14.1. The van der Waals surface area contributed by atoms with Crippen LogP contribution in [0.4, 0.5) is 4.39 Å². The molecule has 2 heterocycles. The monoisotopic (exact) mass is 407 g/mol. The molecule has 29 heavy (non-hydrogen) atoms. The highest BCUT2D eigenvalue weighted by molar-refractivity contribution is 8.18. The third-order valence-corrected chi connectivity index (χ3v) is 5.95. The largest absolute Gasteiger partial charge is 0.342 e. The zero-order valence-corrected chi connectivity index (χ0v) is 17.2. The molecule has 0 radical (unpaired) electrons. The van der Waals surface area contributed by atoms with Crippen LogP contribution in [0.2, 0.25) is 0 Å². The Morgan fingerprint density at radius 2 is 1.86 bits per heavy atom. The molecule has 0 spiro atoms. The van der Waals surface area contributed by atoms with Gasteiger partial charge in [-0.15, -0.1) is 0 Å². The van der Waals surface area contributed by atoms with Crippen molar-refractivity contribution < 1.29 is 9.18 Å². The fourth-order valence-electron chi connectivity index (χ4n) is 3.51. The Morgan fingerprint density at radius 3 is 2.62 bits per heavy atom. The van der Waals surface area contributed by atoms with Crippen molar-refractivity contribution in [3.8, 4) is 0 Å². The van der Waals surface area contributed by atoms with Gasteiger partial charge in [0.1, 0.15) is 5.82 Å². The minimum Gasteiger partial charge on any atom is -0.342 e. The molecule has 0 N–H and O–H groups in total. The van der Waals surface area contributed by atoms with E-state index in [1.165, 1.54) is 17.8 Å². The number of nitrogens with zero attached hydrogens (tertiary/aromatic N) is 3. The molecule has 1 aliphatic rings. The van der Waals surface area contributed by atoms with E-state index in [4.69, 9.17) is 0 Å². The van der Waals surface area contributed by atoms with Crippen LogP contribution in [0.5, 0.6) is 0 Å². The number of fused-ring (bicyclic) bond motifs is 1. The molecule has 0 saturated carbocycles. The fourth-order valence-corrected chi connectivity index (χ4v) is 4.61. The van der Waals surface area contributed by atoms with E-state index in [1.54, 1.807) is 17.0 Å². The standard InChI is InChI=1S/C23H22FN3OS/c1-3-25-23-27(4-2)22(28)21(29-23)13-17-15-26(20-12-8-6-10-18(17)20)14-16-9-5-7-11-19(16)24/h5-13,15H,3-4,14H2,1-2H3/b21-13-,25-23?. The number of rotatable bonds is 5. The number of aliphatic imine (C=N–C) groups is 1. The van der Waals surface area contributed by atoms with E-state index >= 15 is 0 Å². The summed E-state index contributed by atoms with van der Waals surface area (Å²) in [5.41, 5.74) is 2.59. The molecule has 1 aromatic heterocycles. The number of halogens is 1. The Kier molecular flexibility index (Phi) is 5.53. The number of amidine groups is 1. The minimum absolute atomic E-state index is 0.0179. The van der Waals surface area contributed by atoms with Gasteiger partial charge < -0.3 is 4.57 Å². The molecule has 1 aliphatic heterocycles. The summed E-state index contributed by atoms with van der Waals surface area (Å²) in [5.74, 6) is -0.235. The number of likely N-dealkylation sites (N-methyl/N-ethyl adjacent to an activating group) is 1. The maximum absolute atomic E-state index is 14.2. The van der Waals surface area contributed by atoms with E-state index in [-0.39, 0.29) is 11.7 Å². The van der Waals surface area contributed by atoms with Gasteiger partial charge in [0.05, 0.1) is 11.4 Å². The van der Waals surface area contributed by atoms with Crippen LogP contribution in [0.3, 0.4) is 0 Å². The highest BCUT2D eigenvalue weighted by atomic mass is 32.2. The maximum atomic E-state index is 14.2. The summed E-state index contributed by atoms with van der Waals surface area (Å²) in [4.78, 5) is 19.6. The second-order valence-corrected chi connectivity index (χ2v) is 7.75. The average Bonchev–Trinajstić information content (AvgIpc) is 3.22. The lowest BCUT2D eigenvalue weighted by molar-refractivity contribution is -0.122. The average molecular weight is 408 g/mol. The number of para-hydroxylation sites is 1. The van der Waals surface area contributed by atoms with Crippen LogP contribution in [-0.2, 0) is 11.3 Å². The van der Waals surface area contributed by atoms with Gasteiger partial charge in [0.15, 0.2) is 5.17 Å². The number of benzene rings is 2. The summed E-state index contributed by atoms with van der Waals surface area (Å²) < 4.78 is 16.2. The topological polar surface area (TPSA) is 37.6 Å². The SMILES string of the molecule is CCN=C1S/C(=C\c2cn(Cc3ccccc3F)c3ccccc23)C(=O)N1CC. The van der Waals surface area contributed by atoms with Crippen molar-refractivity contribution in [3.05, 3.63) is 76.6 Å². The number of carbonyl (C=O) groups is 1.